The van der Waals surface area contributed by atoms with Crippen molar-refractivity contribution >= 4 is 15.6 Å². The summed E-state index contributed by atoms with van der Waals surface area (Å²) in [7, 11) is -8.66. The molecule has 0 heterocycles. The third kappa shape index (κ3) is 25.9. The van der Waals surface area contributed by atoms with Crippen molar-refractivity contribution in [2.75, 3.05) is 13.2 Å². The summed E-state index contributed by atoms with van der Waals surface area (Å²) >= 11 is 0. The van der Waals surface area contributed by atoms with Gasteiger partial charge < -0.3 is 24.7 Å². The van der Waals surface area contributed by atoms with Crippen LogP contribution < -0.4 is 0 Å². The van der Waals surface area contributed by atoms with E-state index < -0.39 is 21.7 Å². The van der Waals surface area contributed by atoms with Gasteiger partial charge in [0.2, 0.25) is 0 Å². The Kier molecular flexibility index (Phi) is 17.5. The van der Waals surface area contributed by atoms with Crippen LogP contribution in [0.25, 0.3) is 0 Å². The molecule has 1 atom stereocenters. The van der Waals surface area contributed by atoms with Gasteiger partial charge >= 0.3 is 15.6 Å². The van der Waals surface area contributed by atoms with E-state index in [0.29, 0.717) is 12.8 Å². The van der Waals surface area contributed by atoms with Crippen molar-refractivity contribution < 1.29 is 42.9 Å². The zero-order valence-corrected chi connectivity index (χ0v) is 18.9. The number of hydrogen-bond donors (Lipinski definition) is 5. The number of aliphatic hydroxyl groups is 1. The summed E-state index contributed by atoms with van der Waals surface area (Å²) in [6, 6.07) is 0. The molecule has 0 aromatic heterocycles. The van der Waals surface area contributed by atoms with Crippen molar-refractivity contribution in [3.05, 3.63) is 12.2 Å². The minimum absolute atomic E-state index is 0.0822. The number of unbranched alkanes of at least 4 members (excludes halogenated alkanes) is 10. The Morgan fingerprint density at radius 1 is 0.655 bits per heavy atom. The molecular weight excluding hydrogens is 422 g/mol. The minimum Gasteiger partial charge on any atom is -0.389 e. The SMILES string of the molecule is O=P(O)(O)OCCCCCCC/C=C/C(O)CCCCCCCCOP(=O)(O)O. The molecule has 174 valence electrons. The van der Waals surface area contributed by atoms with Crippen LogP contribution in [0.15, 0.2) is 12.2 Å². The topological polar surface area (TPSA) is 154 Å². The van der Waals surface area contributed by atoms with Gasteiger partial charge in [0, 0.05) is 0 Å². The second-order valence-electron chi connectivity index (χ2n) is 7.11. The van der Waals surface area contributed by atoms with E-state index in [4.69, 9.17) is 19.6 Å². The summed E-state index contributed by atoms with van der Waals surface area (Å²) in [4.78, 5) is 34.2. The van der Waals surface area contributed by atoms with Gasteiger partial charge in [-0.1, -0.05) is 63.5 Å². The van der Waals surface area contributed by atoms with E-state index in [-0.39, 0.29) is 13.2 Å². The highest BCUT2D eigenvalue weighted by molar-refractivity contribution is 7.46. The lowest BCUT2D eigenvalue weighted by atomic mass is 10.1. The van der Waals surface area contributed by atoms with Crippen LogP contribution in [-0.4, -0.2) is 44.0 Å². The van der Waals surface area contributed by atoms with Gasteiger partial charge in [-0.05, 0) is 32.1 Å². The first-order chi connectivity index (χ1) is 13.6. The van der Waals surface area contributed by atoms with E-state index in [1.54, 1.807) is 0 Å². The number of allylic oxidation sites excluding steroid dienone is 1. The van der Waals surface area contributed by atoms with E-state index in [1.807, 2.05) is 12.2 Å². The Hall–Kier alpha value is -0.0800. The first-order valence-electron chi connectivity index (χ1n) is 10.3. The van der Waals surface area contributed by atoms with E-state index in [0.717, 1.165) is 70.6 Å². The van der Waals surface area contributed by atoms with E-state index in [1.165, 1.54) is 0 Å². The van der Waals surface area contributed by atoms with Gasteiger partial charge in [0.05, 0.1) is 19.3 Å². The van der Waals surface area contributed by atoms with Gasteiger partial charge in [-0.15, -0.1) is 0 Å². The molecule has 0 aromatic rings. The maximum absolute atomic E-state index is 10.5. The molecule has 29 heavy (non-hydrogen) atoms. The Morgan fingerprint density at radius 3 is 1.55 bits per heavy atom. The lowest BCUT2D eigenvalue weighted by Crippen LogP contribution is -2.01. The van der Waals surface area contributed by atoms with E-state index in [2.05, 4.69) is 9.05 Å². The average molecular weight is 460 g/mol. The molecule has 5 N–H and O–H groups in total. The van der Waals surface area contributed by atoms with Gasteiger partial charge in [0.1, 0.15) is 0 Å². The lowest BCUT2D eigenvalue weighted by molar-refractivity contribution is 0.191. The molecule has 0 saturated carbocycles. The zero-order valence-electron chi connectivity index (χ0n) is 17.1. The zero-order chi connectivity index (χ0) is 22.0. The number of rotatable bonds is 20. The van der Waals surface area contributed by atoms with Crippen LogP contribution in [0.2, 0.25) is 0 Å². The summed E-state index contributed by atoms with van der Waals surface area (Å²) in [5.74, 6) is 0. The number of aliphatic hydroxyl groups excluding tert-OH is 1. The summed E-state index contributed by atoms with van der Waals surface area (Å²) in [6.07, 6.45) is 15.1. The number of phosphoric ester groups is 2. The predicted octanol–water partition coefficient (Wildman–Crippen LogP) is 4.19. The second kappa shape index (κ2) is 17.6. The molecule has 11 heteroatoms. The molecule has 1 unspecified atom stereocenters. The minimum atomic E-state index is -4.33. The summed E-state index contributed by atoms with van der Waals surface area (Å²) < 4.78 is 29.7. The third-order valence-electron chi connectivity index (χ3n) is 4.29. The van der Waals surface area contributed by atoms with Crippen molar-refractivity contribution in [3.8, 4) is 0 Å². The molecule has 0 aromatic carbocycles. The molecule has 0 radical (unpaired) electrons. The maximum Gasteiger partial charge on any atom is 0.469 e. The van der Waals surface area contributed by atoms with Crippen LogP contribution in [0.5, 0.6) is 0 Å². The summed E-state index contributed by atoms with van der Waals surface area (Å²) in [5.41, 5.74) is 0. The van der Waals surface area contributed by atoms with Crippen LogP contribution in [-0.2, 0) is 18.2 Å². The Bertz CT molecular complexity index is 502. The van der Waals surface area contributed by atoms with Gasteiger partial charge in [-0.3, -0.25) is 9.05 Å². The lowest BCUT2D eigenvalue weighted by Gasteiger charge is -2.06. The second-order valence-corrected chi connectivity index (χ2v) is 9.59. The molecule has 0 saturated heterocycles. The van der Waals surface area contributed by atoms with Crippen LogP contribution >= 0.6 is 15.6 Å². The average Bonchev–Trinajstić information content (AvgIpc) is 2.60. The molecule has 0 spiro atoms. The van der Waals surface area contributed by atoms with Gasteiger partial charge in [0.25, 0.3) is 0 Å². The predicted molar refractivity (Wildman–Crippen MR) is 111 cm³/mol. The van der Waals surface area contributed by atoms with Crippen LogP contribution in [0.3, 0.4) is 0 Å². The highest BCUT2D eigenvalue weighted by Crippen LogP contribution is 2.36. The monoisotopic (exact) mass is 460 g/mol. The highest BCUT2D eigenvalue weighted by atomic mass is 31.2. The third-order valence-corrected chi connectivity index (χ3v) is 5.32. The van der Waals surface area contributed by atoms with Crippen molar-refractivity contribution in [1.29, 1.82) is 0 Å². The first kappa shape index (κ1) is 28.9. The molecule has 0 rings (SSSR count). The normalized spacial score (nSPS) is 14.0. The van der Waals surface area contributed by atoms with Gasteiger partial charge in [-0.25, -0.2) is 9.13 Å². The quantitative estimate of drug-likeness (QED) is 0.102. The van der Waals surface area contributed by atoms with Crippen LogP contribution in [0, 0.1) is 0 Å². The Morgan fingerprint density at radius 2 is 1.07 bits per heavy atom. The van der Waals surface area contributed by atoms with Gasteiger partial charge in [-0.2, -0.15) is 0 Å². The summed E-state index contributed by atoms with van der Waals surface area (Å²) in [5, 5.41) is 9.91. The van der Waals surface area contributed by atoms with E-state index >= 15 is 0 Å². The first-order valence-corrected chi connectivity index (χ1v) is 13.4. The smallest absolute Gasteiger partial charge is 0.389 e. The summed E-state index contributed by atoms with van der Waals surface area (Å²) in [6.45, 7) is 0.167. The fraction of sp³-hybridized carbons (Fsp3) is 0.889. The maximum atomic E-state index is 10.5. The Labute approximate surface area is 174 Å². The fourth-order valence-corrected chi connectivity index (χ4v) is 3.51. The van der Waals surface area contributed by atoms with E-state index in [9.17, 15) is 14.2 Å². The van der Waals surface area contributed by atoms with Crippen molar-refractivity contribution in [2.24, 2.45) is 0 Å². The van der Waals surface area contributed by atoms with Crippen LogP contribution in [0.4, 0.5) is 0 Å². The largest absolute Gasteiger partial charge is 0.469 e. The Balaban J connectivity index is 3.36. The fourth-order valence-electron chi connectivity index (χ4n) is 2.77. The molecule has 0 fully saturated rings. The molecule has 0 aliphatic heterocycles. The van der Waals surface area contributed by atoms with Crippen molar-refractivity contribution in [2.45, 2.75) is 89.6 Å². The molecule has 9 nitrogen and oxygen atoms in total. The number of hydrogen-bond acceptors (Lipinski definition) is 5. The van der Waals surface area contributed by atoms with Crippen LogP contribution in [0.1, 0.15) is 83.5 Å². The molecule has 0 bridgehead atoms. The highest BCUT2D eigenvalue weighted by Gasteiger charge is 2.12. The number of phosphoric acid groups is 2. The standard InChI is InChI=1S/C18H38O9P2/c19-18(15-11-7-3-5-9-13-17-27-29(23,24)25)14-10-6-2-1-4-8-12-16-26-28(20,21)22/h10,14,18-19H,1-9,11-13,15-17H2,(H2,20,21,22)(H2,23,24,25)/b14-10+. The molecular formula is C18H38O9P2. The van der Waals surface area contributed by atoms with Crippen molar-refractivity contribution in [1.82, 2.24) is 0 Å². The molecule has 0 aliphatic carbocycles. The molecule has 0 aliphatic rings. The molecule has 0 amide bonds. The van der Waals surface area contributed by atoms with Gasteiger partial charge in [0.15, 0.2) is 0 Å². The van der Waals surface area contributed by atoms with Crippen molar-refractivity contribution in [3.63, 3.8) is 0 Å².